The molecule has 0 spiro atoms. The van der Waals surface area contributed by atoms with Crippen LogP contribution < -0.4 is 4.73 Å². The van der Waals surface area contributed by atoms with Gasteiger partial charge in [-0.1, -0.05) is 0 Å². The fourth-order valence-electron chi connectivity index (χ4n) is 1.55. The molecule has 16 heavy (non-hydrogen) atoms. The summed E-state index contributed by atoms with van der Waals surface area (Å²) >= 11 is 5.58. The fourth-order valence-corrected chi connectivity index (χ4v) is 1.75. The molecule has 0 saturated carbocycles. The van der Waals surface area contributed by atoms with Crippen molar-refractivity contribution in [2.24, 2.45) is 0 Å². The van der Waals surface area contributed by atoms with Gasteiger partial charge < -0.3 is 5.21 Å². The van der Waals surface area contributed by atoms with Crippen molar-refractivity contribution in [3.05, 3.63) is 51.3 Å². The van der Waals surface area contributed by atoms with E-state index in [-0.39, 0.29) is 17.1 Å². The Balaban J connectivity index is 2.82. The van der Waals surface area contributed by atoms with Gasteiger partial charge in [-0.2, -0.15) is 4.73 Å². The second-order valence-electron chi connectivity index (χ2n) is 3.22. The average Bonchev–Trinajstić information content (AvgIpc) is 2.29. The summed E-state index contributed by atoms with van der Waals surface area (Å²) in [5.74, 6) is 0.0716. The molecular weight excluding hydrogens is 232 g/mol. The summed E-state index contributed by atoms with van der Waals surface area (Å²) in [5, 5.41) is 22.8. The number of alkyl halides is 1. The third-order valence-corrected chi connectivity index (χ3v) is 2.59. The van der Waals surface area contributed by atoms with E-state index in [1.165, 1.54) is 24.3 Å². The number of nitro benzene ring substituents is 1. The lowest BCUT2D eigenvalue weighted by Crippen LogP contribution is -2.32. The number of fused-ring (bicyclic) bond motifs is 1. The molecule has 1 heterocycles. The minimum atomic E-state index is -0.511. The van der Waals surface area contributed by atoms with Crippen molar-refractivity contribution in [3.8, 4) is 0 Å². The van der Waals surface area contributed by atoms with Crippen LogP contribution in [0.5, 0.6) is 0 Å². The fraction of sp³-hybridized carbons (Fsp3) is 0.100. The van der Waals surface area contributed by atoms with Crippen LogP contribution in [0.25, 0.3) is 10.9 Å². The Morgan fingerprint density at radius 1 is 1.31 bits per heavy atom. The first-order valence-electron chi connectivity index (χ1n) is 4.49. The monoisotopic (exact) mass is 238 g/mol. The highest BCUT2D eigenvalue weighted by atomic mass is 35.5. The summed E-state index contributed by atoms with van der Waals surface area (Å²) in [7, 11) is 0. The molecule has 0 saturated heterocycles. The Morgan fingerprint density at radius 2 is 2.06 bits per heavy atom. The molecule has 0 aliphatic heterocycles. The van der Waals surface area contributed by atoms with Gasteiger partial charge in [-0.3, -0.25) is 10.1 Å². The summed E-state index contributed by atoms with van der Waals surface area (Å²) in [6.45, 7) is 0. The molecule has 0 fully saturated rings. The van der Waals surface area contributed by atoms with Crippen molar-refractivity contribution in [2.45, 2.75) is 5.88 Å². The normalized spacial score (nSPS) is 10.6. The molecule has 0 radical (unpaired) electrons. The molecule has 2 rings (SSSR count). The van der Waals surface area contributed by atoms with Gasteiger partial charge in [-0.25, -0.2) is 0 Å². The van der Waals surface area contributed by atoms with Gasteiger partial charge in [-0.15, -0.1) is 11.6 Å². The molecule has 2 aromatic rings. The Morgan fingerprint density at radius 3 is 2.69 bits per heavy atom. The highest BCUT2D eigenvalue weighted by Gasteiger charge is 2.17. The number of pyridine rings is 1. The van der Waals surface area contributed by atoms with E-state index in [0.717, 1.165) is 0 Å². The van der Waals surface area contributed by atoms with Crippen molar-refractivity contribution in [3.63, 3.8) is 0 Å². The van der Waals surface area contributed by atoms with Crippen LogP contribution in [0.1, 0.15) is 5.69 Å². The zero-order valence-electron chi connectivity index (χ0n) is 8.09. The predicted molar refractivity (Wildman–Crippen MR) is 59.1 cm³/mol. The molecule has 0 unspecified atom stereocenters. The zero-order valence-corrected chi connectivity index (χ0v) is 8.85. The van der Waals surface area contributed by atoms with Gasteiger partial charge >= 0.3 is 0 Å². The van der Waals surface area contributed by atoms with Gasteiger partial charge in [0.05, 0.1) is 4.92 Å². The lowest BCUT2D eigenvalue weighted by Gasteiger charge is -2.05. The number of hydrogen-bond donors (Lipinski definition) is 0. The van der Waals surface area contributed by atoms with Gasteiger partial charge in [0.15, 0.2) is 0 Å². The maximum absolute atomic E-state index is 11.7. The third kappa shape index (κ3) is 1.55. The Labute approximate surface area is 95.6 Å². The van der Waals surface area contributed by atoms with E-state index in [4.69, 9.17) is 11.6 Å². The van der Waals surface area contributed by atoms with Crippen LogP contribution in [0.2, 0.25) is 0 Å². The molecule has 1 aromatic heterocycles. The van der Waals surface area contributed by atoms with E-state index in [1.807, 2.05) is 0 Å². The maximum atomic E-state index is 11.7. The molecule has 0 amide bonds. The minimum Gasteiger partial charge on any atom is -0.618 e. The summed E-state index contributed by atoms with van der Waals surface area (Å²) in [4.78, 5) is 10.2. The van der Waals surface area contributed by atoms with Crippen LogP contribution in [0.3, 0.4) is 0 Å². The molecule has 1 aromatic carbocycles. The van der Waals surface area contributed by atoms with Crippen molar-refractivity contribution >= 4 is 28.2 Å². The Bertz CT molecular complexity index is 571. The highest BCUT2D eigenvalue weighted by Crippen LogP contribution is 2.23. The summed E-state index contributed by atoms with van der Waals surface area (Å²) in [6.07, 6.45) is 0. The van der Waals surface area contributed by atoms with Gasteiger partial charge in [-0.05, 0) is 12.1 Å². The number of aromatic nitrogens is 1. The van der Waals surface area contributed by atoms with Crippen molar-refractivity contribution in [2.75, 3.05) is 0 Å². The van der Waals surface area contributed by atoms with E-state index in [0.29, 0.717) is 15.8 Å². The molecule has 0 atom stereocenters. The van der Waals surface area contributed by atoms with Crippen molar-refractivity contribution < 1.29 is 9.65 Å². The third-order valence-electron chi connectivity index (χ3n) is 2.32. The number of rotatable bonds is 2. The number of non-ortho nitro benzene ring substituents is 1. The zero-order chi connectivity index (χ0) is 11.7. The van der Waals surface area contributed by atoms with Gasteiger partial charge in [0.1, 0.15) is 11.3 Å². The van der Waals surface area contributed by atoms with Crippen molar-refractivity contribution in [1.82, 2.24) is 0 Å². The lowest BCUT2D eigenvalue weighted by atomic mass is 10.1. The number of nitrogens with zero attached hydrogens (tertiary/aromatic N) is 2. The van der Waals surface area contributed by atoms with Gasteiger partial charge in [0, 0.05) is 18.2 Å². The first-order valence-corrected chi connectivity index (χ1v) is 5.03. The van der Waals surface area contributed by atoms with E-state index in [2.05, 4.69) is 0 Å². The van der Waals surface area contributed by atoms with Gasteiger partial charge in [0.25, 0.3) is 5.69 Å². The van der Waals surface area contributed by atoms with E-state index in [1.54, 1.807) is 6.07 Å². The molecule has 82 valence electrons. The molecule has 0 N–H and O–H groups in total. The number of benzene rings is 1. The van der Waals surface area contributed by atoms with Gasteiger partial charge in [0.2, 0.25) is 11.2 Å². The summed E-state index contributed by atoms with van der Waals surface area (Å²) in [6, 6.07) is 7.41. The minimum absolute atomic E-state index is 0.0716. The van der Waals surface area contributed by atoms with Crippen LogP contribution in [-0.2, 0) is 5.88 Å². The maximum Gasteiger partial charge on any atom is 0.283 e. The molecular formula is C10H7ClN2O3. The topological polar surface area (TPSA) is 70.1 Å². The Hall–Kier alpha value is -1.88. The first kappa shape index (κ1) is 10.6. The van der Waals surface area contributed by atoms with Crippen LogP contribution in [0.15, 0.2) is 30.3 Å². The SMILES string of the molecule is O=[N+]([O-])c1cccc2c1ccc(CCl)[n+]2[O-]. The first-order chi connectivity index (χ1) is 7.65. The molecule has 5 nitrogen and oxygen atoms in total. The number of halogens is 1. The Kier molecular flexibility index (Phi) is 2.62. The smallest absolute Gasteiger partial charge is 0.283 e. The standard InChI is InChI=1S/C10H7ClN2O3/c11-6-7-4-5-8-9(12(7)14)2-1-3-10(8)13(15)16/h1-5H,6H2. The largest absolute Gasteiger partial charge is 0.618 e. The highest BCUT2D eigenvalue weighted by molar-refractivity contribution is 6.16. The van der Waals surface area contributed by atoms with Crippen LogP contribution in [-0.4, -0.2) is 4.92 Å². The number of nitro groups is 1. The van der Waals surface area contributed by atoms with Crippen LogP contribution >= 0.6 is 11.6 Å². The predicted octanol–water partition coefficient (Wildman–Crippen LogP) is 2.12. The second kappa shape index (κ2) is 3.94. The second-order valence-corrected chi connectivity index (χ2v) is 3.49. The molecule has 6 heteroatoms. The molecule has 0 bridgehead atoms. The van der Waals surface area contributed by atoms with E-state index < -0.39 is 4.92 Å². The van der Waals surface area contributed by atoms with E-state index in [9.17, 15) is 15.3 Å². The van der Waals surface area contributed by atoms with Crippen LogP contribution in [0.4, 0.5) is 5.69 Å². The quantitative estimate of drug-likeness (QED) is 0.265. The van der Waals surface area contributed by atoms with Crippen LogP contribution in [0, 0.1) is 15.3 Å². The number of hydrogen-bond acceptors (Lipinski definition) is 3. The van der Waals surface area contributed by atoms with E-state index >= 15 is 0 Å². The average molecular weight is 239 g/mol. The molecule has 0 aliphatic carbocycles. The summed E-state index contributed by atoms with van der Waals surface area (Å²) in [5.41, 5.74) is 0.547. The summed E-state index contributed by atoms with van der Waals surface area (Å²) < 4.78 is 0.620. The van der Waals surface area contributed by atoms with Crippen molar-refractivity contribution in [1.29, 1.82) is 0 Å². The lowest BCUT2D eigenvalue weighted by molar-refractivity contribution is -0.585. The molecule has 0 aliphatic rings.